The second-order valence-electron chi connectivity index (χ2n) is 5.02. The molecule has 2 N–H and O–H groups in total. The van der Waals surface area contributed by atoms with Crippen molar-refractivity contribution in [1.29, 1.82) is 0 Å². The number of rotatable bonds is 0. The molecule has 0 aromatic carbocycles. The lowest BCUT2D eigenvalue weighted by Crippen LogP contribution is -2.64. The maximum atomic E-state index is 6.21. The molecular weight excluding hydrogens is 122 g/mol. The average molecular weight is 139 g/mol. The predicted octanol–water partition coefficient (Wildman–Crippen LogP) is 1.91. The summed E-state index contributed by atoms with van der Waals surface area (Å²) in [5.74, 6) is 0. The van der Waals surface area contributed by atoms with Gasteiger partial charge in [0.25, 0.3) is 0 Å². The van der Waals surface area contributed by atoms with Crippen LogP contribution in [-0.2, 0) is 0 Å². The molecule has 3 rings (SSSR count). The van der Waals surface area contributed by atoms with Gasteiger partial charge in [-0.2, -0.15) is 0 Å². The first-order valence-corrected chi connectivity index (χ1v) is 4.20. The summed E-state index contributed by atoms with van der Waals surface area (Å²) in [6.45, 7) is 7.03. The van der Waals surface area contributed by atoms with E-state index in [1.165, 1.54) is 19.3 Å². The molecule has 0 aliphatic heterocycles. The third-order valence-corrected chi connectivity index (χ3v) is 4.58. The molecule has 2 bridgehead atoms. The number of fused-ring (bicyclic) bond motifs is 1. The van der Waals surface area contributed by atoms with Gasteiger partial charge >= 0.3 is 0 Å². The third-order valence-electron chi connectivity index (χ3n) is 4.58. The normalized spacial score (nSPS) is 56.4. The molecule has 10 heavy (non-hydrogen) atoms. The second-order valence-corrected chi connectivity index (χ2v) is 5.02. The minimum atomic E-state index is 0.196. The van der Waals surface area contributed by atoms with Crippen LogP contribution >= 0.6 is 0 Å². The molecule has 1 nitrogen and oxygen atoms in total. The minimum absolute atomic E-state index is 0.196. The molecule has 0 heterocycles. The Morgan fingerprint density at radius 3 is 1.80 bits per heavy atom. The predicted molar refractivity (Wildman–Crippen MR) is 42.7 cm³/mol. The van der Waals surface area contributed by atoms with E-state index in [9.17, 15) is 0 Å². The highest BCUT2D eigenvalue weighted by molar-refractivity contribution is 5.23. The maximum Gasteiger partial charge on any atom is 0.0216 e. The van der Waals surface area contributed by atoms with Crippen LogP contribution in [-0.4, -0.2) is 5.54 Å². The highest BCUT2D eigenvalue weighted by Gasteiger charge is 2.69. The summed E-state index contributed by atoms with van der Waals surface area (Å²) in [6.07, 6.45) is 3.85. The fraction of sp³-hybridized carbons (Fsp3) is 1.00. The van der Waals surface area contributed by atoms with E-state index in [-0.39, 0.29) is 5.54 Å². The molecule has 0 aromatic heterocycles. The molecule has 58 valence electrons. The lowest BCUT2D eigenvalue weighted by molar-refractivity contribution is -0.0615. The Kier molecular flexibility index (Phi) is 0.860. The molecule has 0 spiro atoms. The van der Waals surface area contributed by atoms with Crippen LogP contribution in [0.2, 0.25) is 0 Å². The van der Waals surface area contributed by atoms with Crippen molar-refractivity contribution < 1.29 is 0 Å². The molecule has 0 unspecified atom stereocenters. The van der Waals surface area contributed by atoms with Gasteiger partial charge in [-0.25, -0.2) is 0 Å². The summed E-state index contributed by atoms with van der Waals surface area (Å²) < 4.78 is 0. The molecule has 0 amide bonds. The van der Waals surface area contributed by atoms with E-state index in [0.717, 1.165) is 0 Å². The fourth-order valence-corrected chi connectivity index (χ4v) is 2.93. The minimum Gasteiger partial charge on any atom is -0.325 e. The van der Waals surface area contributed by atoms with Crippen molar-refractivity contribution in [1.82, 2.24) is 0 Å². The Morgan fingerprint density at radius 2 is 1.70 bits per heavy atom. The van der Waals surface area contributed by atoms with Gasteiger partial charge in [-0.05, 0) is 30.1 Å². The summed E-state index contributed by atoms with van der Waals surface area (Å²) in [7, 11) is 0. The first-order valence-electron chi connectivity index (χ1n) is 4.20. The van der Waals surface area contributed by atoms with Crippen molar-refractivity contribution in [3.05, 3.63) is 0 Å². The fourth-order valence-electron chi connectivity index (χ4n) is 2.93. The zero-order chi connectivity index (χ0) is 7.62. The van der Waals surface area contributed by atoms with Gasteiger partial charge in [-0.1, -0.05) is 20.8 Å². The third kappa shape index (κ3) is 0.402. The van der Waals surface area contributed by atoms with Crippen LogP contribution in [0.25, 0.3) is 0 Å². The van der Waals surface area contributed by atoms with Gasteiger partial charge in [0.2, 0.25) is 0 Å². The first kappa shape index (κ1) is 6.66. The molecule has 0 aromatic rings. The molecule has 3 aliphatic carbocycles. The summed E-state index contributed by atoms with van der Waals surface area (Å²) in [6, 6.07) is 0. The quantitative estimate of drug-likeness (QED) is 0.545. The Hall–Kier alpha value is -0.0400. The zero-order valence-electron chi connectivity index (χ0n) is 7.20. The van der Waals surface area contributed by atoms with Crippen LogP contribution in [0.15, 0.2) is 0 Å². The maximum absolute atomic E-state index is 6.21. The highest BCUT2D eigenvalue weighted by atomic mass is 14.9. The van der Waals surface area contributed by atoms with E-state index in [1.54, 1.807) is 0 Å². The number of nitrogens with two attached hydrogens (primary N) is 1. The van der Waals surface area contributed by atoms with E-state index in [4.69, 9.17) is 5.73 Å². The molecule has 2 atom stereocenters. The highest BCUT2D eigenvalue weighted by Crippen LogP contribution is 2.71. The van der Waals surface area contributed by atoms with Crippen LogP contribution in [0.1, 0.15) is 40.0 Å². The number of hydrogen-bond donors (Lipinski definition) is 1. The van der Waals surface area contributed by atoms with Crippen molar-refractivity contribution in [2.45, 2.75) is 45.6 Å². The van der Waals surface area contributed by atoms with Gasteiger partial charge in [-0.3, -0.25) is 0 Å². The SMILES string of the molecule is CC1(C)[C@@]2(C)CC[C@@]1(N)C2. The van der Waals surface area contributed by atoms with Crippen LogP contribution in [0.3, 0.4) is 0 Å². The van der Waals surface area contributed by atoms with Crippen molar-refractivity contribution >= 4 is 0 Å². The molecule has 0 radical (unpaired) electrons. The zero-order valence-corrected chi connectivity index (χ0v) is 7.20. The lowest BCUT2D eigenvalue weighted by atomic mass is 9.48. The topological polar surface area (TPSA) is 26.0 Å². The van der Waals surface area contributed by atoms with Crippen molar-refractivity contribution in [3.8, 4) is 0 Å². The molecule has 1 heteroatoms. The van der Waals surface area contributed by atoms with E-state index >= 15 is 0 Å². The van der Waals surface area contributed by atoms with Crippen molar-refractivity contribution in [2.24, 2.45) is 16.6 Å². The summed E-state index contributed by atoms with van der Waals surface area (Å²) >= 11 is 0. The largest absolute Gasteiger partial charge is 0.325 e. The Bertz CT molecular complexity index is 167. The van der Waals surface area contributed by atoms with Crippen molar-refractivity contribution in [3.63, 3.8) is 0 Å². The van der Waals surface area contributed by atoms with Crippen molar-refractivity contribution in [2.75, 3.05) is 0 Å². The van der Waals surface area contributed by atoms with Gasteiger partial charge in [-0.15, -0.1) is 0 Å². The monoisotopic (exact) mass is 139 g/mol. The summed E-state index contributed by atoms with van der Waals surface area (Å²) in [4.78, 5) is 0. The van der Waals surface area contributed by atoms with Crippen LogP contribution in [0, 0.1) is 10.8 Å². The van der Waals surface area contributed by atoms with E-state index in [1.807, 2.05) is 0 Å². The van der Waals surface area contributed by atoms with Gasteiger partial charge in [0, 0.05) is 5.54 Å². The smallest absolute Gasteiger partial charge is 0.0216 e. The first-order chi connectivity index (χ1) is 4.41. The summed E-state index contributed by atoms with van der Waals surface area (Å²) in [5, 5.41) is 0. The van der Waals surface area contributed by atoms with Crippen LogP contribution in [0.4, 0.5) is 0 Å². The van der Waals surface area contributed by atoms with Gasteiger partial charge in [0.05, 0.1) is 0 Å². The Balaban J connectivity index is 2.39. The van der Waals surface area contributed by atoms with Crippen LogP contribution < -0.4 is 5.73 Å². The van der Waals surface area contributed by atoms with Crippen LogP contribution in [0.5, 0.6) is 0 Å². The lowest BCUT2D eigenvalue weighted by Gasteiger charge is -2.59. The van der Waals surface area contributed by atoms with E-state index in [2.05, 4.69) is 20.8 Å². The molecule has 3 aliphatic rings. The molecular formula is C9H17N. The molecule has 3 fully saturated rings. The Labute approximate surface area is 63.0 Å². The average Bonchev–Trinajstić information content (AvgIpc) is 2.18. The molecule has 3 saturated carbocycles. The van der Waals surface area contributed by atoms with Gasteiger partial charge in [0.1, 0.15) is 0 Å². The molecule has 0 saturated heterocycles. The second kappa shape index (κ2) is 1.29. The Morgan fingerprint density at radius 1 is 1.10 bits per heavy atom. The van der Waals surface area contributed by atoms with E-state index in [0.29, 0.717) is 10.8 Å². The number of hydrogen-bond acceptors (Lipinski definition) is 1. The van der Waals surface area contributed by atoms with Gasteiger partial charge < -0.3 is 5.73 Å². The van der Waals surface area contributed by atoms with E-state index < -0.39 is 0 Å². The van der Waals surface area contributed by atoms with Gasteiger partial charge in [0.15, 0.2) is 0 Å². The standard InChI is InChI=1S/C9H17N/c1-7(2)8(3)4-5-9(7,10)6-8/h4-6,10H2,1-3H3/t8-,9+/m0/s1. The summed E-state index contributed by atoms with van der Waals surface area (Å²) in [5.41, 5.74) is 7.38.